The molecule has 25 heteroatoms. The summed E-state index contributed by atoms with van der Waals surface area (Å²) < 4.78 is 4.91. The number of rotatable bonds is 29. The molecule has 0 aliphatic rings. The van der Waals surface area contributed by atoms with Crippen LogP contribution in [0.2, 0.25) is 0 Å². The molecule has 0 aromatic rings. The number of ether oxygens (including phenoxy) is 1. The Hall–Kier alpha value is -5.01. The van der Waals surface area contributed by atoms with E-state index in [1.165, 1.54) is 0 Å². The van der Waals surface area contributed by atoms with Gasteiger partial charge in [0.15, 0.2) is 0 Å². The van der Waals surface area contributed by atoms with Crippen LogP contribution >= 0.6 is 21.6 Å². The van der Waals surface area contributed by atoms with Crippen LogP contribution in [0.25, 0.3) is 0 Å². The van der Waals surface area contributed by atoms with Crippen molar-refractivity contribution in [2.24, 2.45) is 17.4 Å². The molecule has 0 aromatic carbocycles. The van der Waals surface area contributed by atoms with Gasteiger partial charge in [-0.15, -0.1) is 0 Å². The van der Waals surface area contributed by atoms with Crippen molar-refractivity contribution in [1.29, 1.82) is 0 Å². The molecule has 0 unspecified atom stereocenters. The molecule has 0 radical (unpaired) electrons. The summed E-state index contributed by atoms with van der Waals surface area (Å²) in [5.74, 6) is -7.85. The van der Waals surface area contributed by atoms with E-state index >= 15 is 0 Å². The molecule has 0 bridgehead atoms. The lowest BCUT2D eigenvalue weighted by Gasteiger charge is -2.21. The summed E-state index contributed by atoms with van der Waals surface area (Å²) in [4.78, 5) is 131. The fourth-order valence-corrected chi connectivity index (χ4v) is 5.92. The predicted octanol–water partition coefficient (Wildman–Crippen LogP) is -3.97. The number of nitrogens with one attached hydrogen (secondary N) is 7. The molecule has 0 fully saturated rings. The van der Waals surface area contributed by atoms with Crippen molar-refractivity contribution >= 4 is 87.6 Å². The number of nitrogens with two attached hydrogens (primary N) is 2. The van der Waals surface area contributed by atoms with Crippen LogP contribution in [0.5, 0.6) is 0 Å². The summed E-state index contributed by atoms with van der Waals surface area (Å²) in [5, 5.41) is 29.6. The minimum absolute atomic E-state index is 0.104. The maximum atomic E-state index is 12.9. The Balaban J connectivity index is 4.98. The molecular formula is C30H49N9O14S2. The van der Waals surface area contributed by atoms with E-state index in [0.29, 0.717) is 25.5 Å². The Morgan fingerprint density at radius 3 is 1.80 bits per heavy atom. The van der Waals surface area contributed by atoms with Gasteiger partial charge in [0.05, 0.1) is 19.1 Å². The van der Waals surface area contributed by atoms with Gasteiger partial charge in [-0.05, 0) is 32.2 Å². The van der Waals surface area contributed by atoms with E-state index in [0.717, 1.165) is 21.6 Å². The standard InChI is InChI=1S/C30H49N9O14S2/c1-17(8-9-31)25(46)38-39-30(52)53-12-13-54-55-16-21(29(50)51)37-28(49)20(5-3-11-41)36-23(43)15-34-27(48)19(4-2-10-40)35-22(42)14-33-26(47)18(32)6-7-24(44)45/h10-11,17-21H,2-9,12-16,31-32H2,1H3,(H,33,47)(H,34,48)(H,35,42)(H,36,43)(H,37,49)(H,38,46)(H,39,52)(H,44,45)(H,50,51)/t17-,18-,19-,20-,21-/m0/s1. The van der Waals surface area contributed by atoms with Crippen molar-refractivity contribution in [3.8, 4) is 0 Å². The molecule has 310 valence electrons. The Labute approximate surface area is 323 Å². The second-order valence-corrected chi connectivity index (χ2v) is 14.1. The second kappa shape index (κ2) is 29.4. The third-order valence-corrected chi connectivity index (χ3v) is 9.35. The Morgan fingerprint density at radius 1 is 0.709 bits per heavy atom. The first kappa shape index (κ1) is 50.0. The van der Waals surface area contributed by atoms with Gasteiger partial charge in [0.2, 0.25) is 35.4 Å². The first-order valence-electron chi connectivity index (χ1n) is 16.7. The summed E-state index contributed by atoms with van der Waals surface area (Å²) in [6.45, 7) is 0.445. The highest BCUT2D eigenvalue weighted by atomic mass is 33.1. The summed E-state index contributed by atoms with van der Waals surface area (Å²) in [6.07, 6.45) is -0.897. The van der Waals surface area contributed by atoms with Crippen LogP contribution in [0.15, 0.2) is 0 Å². The summed E-state index contributed by atoms with van der Waals surface area (Å²) >= 11 is 0. The fraction of sp³-hybridized carbons (Fsp3) is 0.633. The summed E-state index contributed by atoms with van der Waals surface area (Å²) in [6, 6.07) is -5.38. The fourth-order valence-electron chi connectivity index (χ4n) is 3.94. The van der Waals surface area contributed by atoms with E-state index in [4.69, 9.17) is 21.3 Å². The molecule has 23 nitrogen and oxygen atoms in total. The zero-order chi connectivity index (χ0) is 41.8. The van der Waals surface area contributed by atoms with Gasteiger partial charge >= 0.3 is 18.0 Å². The molecule has 55 heavy (non-hydrogen) atoms. The normalized spacial score (nSPS) is 13.2. The quantitative estimate of drug-likeness (QED) is 0.0148. The van der Waals surface area contributed by atoms with Crippen LogP contribution < -0.4 is 48.9 Å². The van der Waals surface area contributed by atoms with Gasteiger partial charge in [-0.25, -0.2) is 15.0 Å². The van der Waals surface area contributed by atoms with Crippen molar-refractivity contribution in [3.05, 3.63) is 0 Å². The van der Waals surface area contributed by atoms with Gasteiger partial charge in [0.25, 0.3) is 0 Å². The van der Waals surface area contributed by atoms with E-state index in [9.17, 15) is 57.8 Å². The first-order valence-corrected chi connectivity index (χ1v) is 19.2. The van der Waals surface area contributed by atoms with E-state index in [1.807, 2.05) is 0 Å². The SMILES string of the molecule is C[C@@H](CCN)C(=O)NNC(=O)OCCSSC[C@H](NC(=O)[C@H](CCC=O)NC(=O)CNC(=O)[C@H](CCC=O)NC(=O)CNC(=O)[C@@H](N)CCC(=O)O)C(=O)O. The van der Waals surface area contributed by atoms with Gasteiger partial charge in [-0.2, -0.15) is 0 Å². The largest absolute Gasteiger partial charge is 0.481 e. The van der Waals surface area contributed by atoms with Crippen molar-refractivity contribution in [1.82, 2.24) is 37.4 Å². The lowest BCUT2D eigenvalue weighted by atomic mass is 10.1. The minimum atomic E-state index is -1.44. The first-order chi connectivity index (χ1) is 26.1. The molecule has 0 aromatic heterocycles. The van der Waals surface area contributed by atoms with Gasteiger partial charge in [-0.1, -0.05) is 28.5 Å². The molecule has 0 aliphatic heterocycles. The summed E-state index contributed by atoms with van der Waals surface area (Å²) in [7, 11) is 2.14. The van der Waals surface area contributed by atoms with Crippen LogP contribution in [0.4, 0.5) is 4.79 Å². The summed E-state index contributed by atoms with van der Waals surface area (Å²) in [5.41, 5.74) is 15.2. The van der Waals surface area contributed by atoms with Gasteiger partial charge in [0, 0.05) is 36.7 Å². The molecule has 0 spiro atoms. The van der Waals surface area contributed by atoms with Gasteiger partial charge in [0.1, 0.15) is 37.3 Å². The number of aliphatic carboxylic acids is 2. The van der Waals surface area contributed by atoms with Crippen molar-refractivity contribution < 1.29 is 67.7 Å². The van der Waals surface area contributed by atoms with Gasteiger partial charge in [-0.3, -0.25) is 39.0 Å². The number of hydrogen-bond acceptors (Lipinski definition) is 16. The number of carboxylic acid groups (broad SMARTS) is 2. The van der Waals surface area contributed by atoms with Crippen LogP contribution in [0.3, 0.4) is 0 Å². The monoisotopic (exact) mass is 823 g/mol. The average Bonchev–Trinajstić information content (AvgIpc) is 3.14. The molecule has 13 N–H and O–H groups in total. The minimum Gasteiger partial charge on any atom is -0.481 e. The van der Waals surface area contributed by atoms with Crippen molar-refractivity contribution in [2.45, 2.75) is 76.0 Å². The molecule has 0 aliphatic carbocycles. The lowest BCUT2D eigenvalue weighted by molar-refractivity contribution is -0.141. The highest BCUT2D eigenvalue weighted by molar-refractivity contribution is 8.76. The molecular weight excluding hydrogens is 775 g/mol. The number of hydrazine groups is 1. The smallest absolute Gasteiger partial charge is 0.426 e. The van der Waals surface area contributed by atoms with Crippen LogP contribution in [0.1, 0.15) is 51.9 Å². The number of carbonyl (C=O) groups excluding carboxylic acids is 9. The number of amides is 7. The van der Waals surface area contributed by atoms with Gasteiger partial charge < -0.3 is 62.6 Å². The van der Waals surface area contributed by atoms with Crippen LogP contribution in [-0.4, -0.2) is 138 Å². The second-order valence-electron chi connectivity index (χ2n) is 11.4. The third-order valence-electron chi connectivity index (χ3n) is 6.97. The van der Waals surface area contributed by atoms with E-state index in [1.54, 1.807) is 6.92 Å². The Morgan fingerprint density at radius 2 is 1.27 bits per heavy atom. The molecule has 0 saturated heterocycles. The number of hydrogen-bond donors (Lipinski definition) is 11. The molecule has 0 rings (SSSR count). The Kier molecular flexibility index (Phi) is 26.7. The highest BCUT2D eigenvalue weighted by Crippen LogP contribution is 2.22. The maximum absolute atomic E-state index is 12.9. The van der Waals surface area contributed by atoms with Crippen molar-refractivity contribution in [3.63, 3.8) is 0 Å². The van der Waals surface area contributed by atoms with E-state index in [-0.39, 0.29) is 56.6 Å². The lowest BCUT2D eigenvalue weighted by Crippen LogP contribution is -2.55. The topological polar surface area (TPSA) is 374 Å². The van der Waals surface area contributed by atoms with E-state index in [2.05, 4.69) is 37.4 Å². The molecule has 7 amide bonds. The van der Waals surface area contributed by atoms with Crippen molar-refractivity contribution in [2.75, 3.05) is 37.7 Å². The number of carbonyl (C=O) groups is 11. The van der Waals surface area contributed by atoms with Crippen LogP contribution in [-0.2, 0) is 52.7 Å². The number of carboxylic acids is 2. The molecule has 0 heterocycles. The highest BCUT2D eigenvalue weighted by Gasteiger charge is 2.28. The van der Waals surface area contributed by atoms with E-state index < -0.39 is 96.6 Å². The molecule has 0 saturated carbocycles. The Bertz CT molecular complexity index is 1340. The van der Waals surface area contributed by atoms with Crippen LogP contribution in [0, 0.1) is 5.92 Å². The zero-order valence-corrected chi connectivity index (χ0v) is 31.6. The maximum Gasteiger partial charge on any atom is 0.426 e. The average molecular weight is 824 g/mol. The predicted molar refractivity (Wildman–Crippen MR) is 195 cm³/mol. The zero-order valence-electron chi connectivity index (χ0n) is 30.0. The number of aldehydes is 2. The third kappa shape index (κ3) is 24.1. The molecule has 5 atom stereocenters.